The molecule has 1 fully saturated rings. The summed E-state index contributed by atoms with van der Waals surface area (Å²) in [6, 6.07) is 0. The minimum atomic E-state index is -0.834. The van der Waals surface area contributed by atoms with Crippen LogP contribution < -0.4 is 5.32 Å². The third kappa shape index (κ3) is 6.89. The zero-order valence-electron chi connectivity index (χ0n) is 12.9. The Labute approximate surface area is 121 Å². The van der Waals surface area contributed by atoms with E-state index in [1.54, 1.807) is 0 Å². The van der Waals surface area contributed by atoms with E-state index in [1.807, 2.05) is 20.8 Å². The van der Waals surface area contributed by atoms with Gasteiger partial charge in [0.15, 0.2) is 0 Å². The summed E-state index contributed by atoms with van der Waals surface area (Å²) in [6.45, 7) is 9.20. The fraction of sp³-hybridized carbons (Fsp3) is 0.867. The SMILES string of the molecule is CC(C)(C)CC(CNC(=O)CCN1CCCC1)C(=O)O. The van der Waals surface area contributed by atoms with Crippen molar-refractivity contribution in [3.05, 3.63) is 0 Å². The number of nitrogens with zero attached hydrogens (tertiary/aromatic N) is 1. The number of aliphatic carboxylic acids is 1. The highest BCUT2D eigenvalue weighted by Gasteiger charge is 2.25. The molecule has 1 unspecified atom stereocenters. The molecule has 1 amide bonds. The fourth-order valence-corrected chi connectivity index (χ4v) is 2.58. The molecule has 1 saturated heterocycles. The van der Waals surface area contributed by atoms with Crippen molar-refractivity contribution in [1.82, 2.24) is 10.2 Å². The molecule has 0 aromatic carbocycles. The van der Waals surface area contributed by atoms with Gasteiger partial charge in [-0.3, -0.25) is 9.59 Å². The van der Waals surface area contributed by atoms with Crippen LogP contribution in [0.15, 0.2) is 0 Å². The number of carboxylic acids is 1. The lowest BCUT2D eigenvalue weighted by atomic mass is 9.84. The number of rotatable bonds is 7. The van der Waals surface area contributed by atoms with Crippen molar-refractivity contribution < 1.29 is 14.7 Å². The van der Waals surface area contributed by atoms with Crippen molar-refractivity contribution in [3.8, 4) is 0 Å². The first-order chi connectivity index (χ1) is 9.28. The Morgan fingerprint density at radius 2 is 1.85 bits per heavy atom. The molecule has 116 valence electrons. The van der Waals surface area contributed by atoms with Crippen LogP contribution >= 0.6 is 0 Å². The second-order valence-electron chi connectivity index (χ2n) is 6.90. The third-order valence-electron chi connectivity index (χ3n) is 3.61. The van der Waals surface area contributed by atoms with E-state index in [-0.39, 0.29) is 17.9 Å². The first-order valence-electron chi connectivity index (χ1n) is 7.50. The van der Waals surface area contributed by atoms with E-state index in [9.17, 15) is 14.7 Å². The number of likely N-dealkylation sites (tertiary alicyclic amines) is 1. The molecule has 0 bridgehead atoms. The van der Waals surface area contributed by atoms with E-state index < -0.39 is 11.9 Å². The first-order valence-corrected chi connectivity index (χ1v) is 7.50. The Hall–Kier alpha value is -1.10. The first kappa shape index (κ1) is 17.0. The lowest BCUT2D eigenvalue weighted by Crippen LogP contribution is -2.36. The van der Waals surface area contributed by atoms with E-state index in [2.05, 4.69) is 10.2 Å². The van der Waals surface area contributed by atoms with Gasteiger partial charge in [0.1, 0.15) is 0 Å². The van der Waals surface area contributed by atoms with Crippen LogP contribution in [0.3, 0.4) is 0 Å². The topological polar surface area (TPSA) is 69.6 Å². The van der Waals surface area contributed by atoms with Crippen molar-refractivity contribution in [2.45, 2.75) is 46.5 Å². The van der Waals surface area contributed by atoms with Crippen LogP contribution in [0.5, 0.6) is 0 Å². The van der Waals surface area contributed by atoms with E-state index >= 15 is 0 Å². The Bertz CT molecular complexity index is 331. The molecule has 0 aromatic heterocycles. The number of amides is 1. The molecule has 0 radical (unpaired) electrons. The van der Waals surface area contributed by atoms with Crippen molar-refractivity contribution in [3.63, 3.8) is 0 Å². The number of carbonyl (C=O) groups is 2. The average molecular weight is 284 g/mol. The van der Waals surface area contributed by atoms with Crippen molar-refractivity contribution in [1.29, 1.82) is 0 Å². The van der Waals surface area contributed by atoms with Crippen LogP contribution in [0.2, 0.25) is 0 Å². The van der Waals surface area contributed by atoms with Gasteiger partial charge >= 0.3 is 5.97 Å². The third-order valence-corrected chi connectivity index (χ3v) is 3.61. The highest BCUT2D eigenvalue weighted by Crippen LogP contribution is 2.24. The zero-order valence-corrected chi connectivity index (χ0v) is 12.9. The summed E-state index contributed by atoms with van der Waals surface area (Å²) in [5.41, 5.74) is -0.0522. The minimum Gasteiger partial charge on any atom is -0.481 e. The maximum absolute atomic E-state index is 11.8. The maximum atomic E-state index is 11.8. The van der Waals surface area contributed by atoms with Crippen molar-refractivity contribution >= 4 is 11.9 Å². The smallest absolute Gasteiger partial charge is 0.308 e. The monoisotopic (exact) mass is 284 g/mol. The molecule has 1 heterocycles. The van der Waals surface area contributed by atoms with Crippen LogP contribution in [0.4, 0.5) is 0 Å². The van der Waals surface area contributed by atoms with Gasteiger partial charge in [-0.25, -0.2) is 0 Å². The zero-order chi connectivity index (χ0) is 15.2. The normalized spacial score (nSPS) is 17.9. The molecule has 1 rings (SSSR count). The van der Waals surface area contributed by atoms with Gasteiger partial charge in [0.2, 0.25) is 5.91 Å². The van der Waals surface area contributed by atoms with Gasteiger partial charge in [-0.2, -0.15) is 0 Å². The summed E-state index contributed by atoms with van der Waals surface area (Å²) in [6.07, 6.45) is 3.46. The lowest BCUT2D eigenvalue weighted by molar-refractivity contribution is -0.142. The highest BCUT2D eigenvalue weighted by molar-refractivity contribution is 5.77. The molecule has 5 heteroatoms. The summed E-state index contributed by atoms with van der Waals surface area (Å²) in [5.74, 6) is -1.39. The summed E-state index contributed by atoms with van der Waals surface area (Å²) >= 11 is 0. The second-order valence-corrected chi connectivity index (χ2v) is 6.90. The molecule has 0 aliphatic carbocycles. The Morgan fingerprint density at radius 1 is 1.25 bits per heavy atom. The van der Waals surface area contributed by atoms with Gasteiger partial charge in [0, 0.05) is 19.5 Å². The van der Waals surface area contributed by atoms with Crippen LogP contribution in [-0.2, 0) is 9.59 Å². The van der Waals surface area contributed by atoms with Crippen LogP contribution in [-0.4, -0.2) is 48.1 Å². The molecule has 1 atom stereocenters. The molecular weight excluding hydrogens is 256 g/mol. The Balaban J connectivity index is 2.27. The van der Waals surface area contributed by atoms with E-state index in [4.69, 9.17) is 0 Å². The van der Waals surface area contributed by atoms with Gasteiger partial charge < -0.3 is 15.3 Å². The molecular formula is C15H28N2O3. The number of hydrogen-bond donors (Lipinski definition) is 2. The van der Waals surface area contributed by atoms with E-state index in [0.29, 0.717) is 12.8 Å². The van der Waals surface area contributed by atoms with E-state index in [1.165, 1.54) is 12.8 Å². The van der Waals surface area contributed by atoms with Gasteiger partial charge in [-0.05, 0) is 37.8 Å². The number of nitrogens with one attached hydrogen (secondary N) is 1. The standard InChI is InChI=1S/C15H28N2O3/c1-15(2,3)10-12(14(19)20)11-16-13(18)6-9-17-7-4-5-8-17/h12H,4-11H2,1-3H3,(H,16,18)(H,19,20). The fourth-order valence-electron chi connectivity index (χ4n) is 2.58. The van der Waals surface area contributed by atoms with Crippen LogP contribution in [0, 0.1) is 11.3 Å². The molecule has 0 spiro atoms. The lowest BCUT2D eigenvalue weighted by Gasteiger charge is -2.23. The maximum Gasteiger partial charge on any atom is 0.308 e. The van der Waals surface area contributed by atoms with Gasteiger partial charge in [0.25, 0.3) is 0 Å². The summed E-state index contributed by atoms with van der Waals surface area (Å²) in [7, 11) is 0. The predicted molar refractivity (Wildman–Crippen MR) is 78.5 cm³/mol. The second kappa shape index (κ2) is 7.62. The largest absolute Gasteiger partial charge is 0.481 e. The number of hydrogen-bond acceptors (Lipinski definition) is 3. The van der Waals surface area contributed by atoms with Gasteiger partial charge in [-0.15, -0.1) is 0 Å². The quantitative estimate of drug-likeness (QED) is 0.747. The van der Waals surface area contributed by atoms with Crippen LogP contribution in [0.25, 0.3) is 0 Å². The summed E-state index contributed by atoms with van der Waals surface area (Å²) in [5, 5.41) is 12.0. The molecule has 5 nitrogen and oxygen atoms in total. The average Bonchev–Trinajstić information content (AvgIpc) is 2.83. The minimum absolute atomic E-state index is 0.0444. The number of carboxylic acid groups (broad SMARTS) is 1. The Morgan fingerprint density at radius 3 is 2.35 bits per heavy atom. The molecule has 0 saturated carbocycles. The number of carbonyl (C=O) groups excluding carboxylic acids is 1. The summed E-state index contributed by atoms with van der Waals surface area (Å²) in [4.78, 5) is 25.2. The highest BCUT2D eigenvalue weighted by atomic mass is 16.4. The molecule has 2 N–H and O–H groups in total. The van der Waals surface area contributed by atoms with Crippen LogP contribution in [0.1, 0.15) is 46.5 Å². The van der Waals surface area contributed by atoms with Crippen molar-refractivity contribution in [2.75, 3.05) is 26.2 Å². The molecule has 20 heavy (non-hydrogen) atoms. The summed E-state index contributed by atoms with van der Waals surface area (Å²) < 4.78 is 0. The Kier molecular flexibility index (Phi) is 6.46. The van der Waals surface area contributed by atoms with Gasteiger partial charge in [-0.1, -0.05) is 20.8 Å². The van der Waals surface area contributed by atoms with E-state index in [0.717, 1.165) is 19.6 Å². The molecule has 0 aromatic rings. The molecule has 1 aliphatic rings. The predicted octanol–water partition coefficient (Wildman–Crippen LogP) is 1.73. The van der Waals surface area contributed by atoms with Gasteiger partial charge in [0.05, 0.1) is 5.92 Å². The molecule has 1 aliphatic heterocycles. The van der Waals surface area contributed by atoms with Crippen molar-refractivity contribution in [2.24, 2.45) is 11.3 Å².